The Morgan fingerprint density at radius 1 is 1.24 bits per heavy atom. The minimum Gasteiger partial charge on any atom is -0.380 e. The molecule has 0 bridgehead atoms. The highest BCUT2D eigenvalue weighted by atomic mass is 16.5. The highest BCUT2D eigenvalue weighted by Gasteiger charge is 2.47. The van der Waals surface area contributed by atoms with E-state index in [9.17, 15) is 9.59 Å². The van der Waals surface area contributed by atoms with E-state index < -0.39 is 12.1 Å². The summed E-state index contributed by atoms with van der Waals surface area (Å²) in [5.74, 6) is -0.000165. The first kappa shape index (κ1) is 18.0. The number of piperazine rings is 1. The summed E-state index contributed by atoms with van der Waals surface area (Å²) in [6.45, 7) is 14.8. The molecule has 21 heavy (non-hydrogen) atoms. The maximum absolute atomic E-state index is 12.9. The summed E-state index contributed by atoms with van der Waals surface area (Å²) in [5, 5.41) is 2.91. The minimum absolute atomic E-state index is 0.00648. The lowest BCUT2D eigenvalue weighted by Gasteiger charge is -2.47. The number of carbonyl (C=O) groups excluding carboxylic acids is 2. The summed E-state index contributed by atoms with van der Waals surface area (Å²) in [4.78, 5) is 27.1. The van der Waals surface area contributed by atoms with Gasteiger partial charge in [0.15, 0.2) is 0 Å². The van der Waals surface area contributed by atoms with Crippen molar-refractivity contribution in [1.82, 2.24) is 10.2 Å². The molecule has 0 aromatic carbocycles. The number of hydrogen-bond donors (Lipinski definition) is 1. The van der Waals surface area contributed by atoms with E-state index in [4.69, 9.17) is 4.74 Å². The molecular formula is C16H30N2O3. The van der Waals surface area contributed by atoms with Gasteiger partial charge in [-0.3, -0.25) is 9.59 Å². The van der Waals surface area contributed by atoms with Crippen molar-refractivity contribution in [2.75, 3.05) is 13.2 Å². The Morgan fingerprint density at radius 2 is 1.81 bits per heavy atom. The molecule has 0 aliphatic carbocycles. The van der Waals surface area contributed by atoms with Gasteiger partial charge in [0.05, 0.1) is 12.6 Å². The fourth-order valence-electron chi connectivity index (χ4n) is 2.77. The summed E-state index contributed by atoms with van der Waals surface area (Å²) >= 11 is 0. The molecule has 1 fully saturated rings. The summed E-state index contributed by atoms with van der Waals surface area (Å²) < 4.78 is 5.46. The van der Waals surface area contributed by atoms with Gasteiger partial charge in [0.2, 0.25) is 11.8 Å². The molecular weight excluding hydrogens is 268 g/mol. The summed E-state index contributed by atoms with van der Waals surface area (Å²) in [6.07, 6.45) is 0. The highest BCUT2D eigenvalue weighted by Crippen LogP contribution is 2.28. The molecule has 1 aliphatic rings. The Labute approximate surface area is 128 Å². The summed E-state index contributed by atoms with van der Waals surface area (Å²) in [6, 6.07) is -1.02. The molecule has 0 spiro atoms. The van der Waals surface area contributed by atoms with Crippen LogP contribution in [0.3, 0.4) is 0 Å². The second kappa shape index (κ2) is 6.77. The highest BCUT2D eigenvalue weighted by molar-refractivity contribution is 5.97. The van der Waals surface area contributed by atoms with Crippen LogP contribution in [0.5, 0.6) is 0 Å². The van der Waals surface area contributed by atoms with Crippen LogP contribution in [0.1, 0.15) is 48.5 Å². The lowest BCUT2D eigenvalue weighted by atomic mass is 9.82. The number of amides is 2. The van der Waals surface area contributed by atoms with Crippen LogP contribution in [0.2, 0.25) is 0 Å². The predicted molar refractivity (Wildman–Crippen MR) is 82.8 cm³/mol. The van der Waals surface area contributed by atoms with Gasteiger partial charge in [0, 0.05) is 6.61 Å². The van der Waals surface area contributed by atoms with Crippen molar-refractivity contribution in [1.29, 1.82) is 0 Å². The van der Waals surface area contributed by atoms with Crippen LogP contribution in [0.25, 0.3) is 0 Å². The zero-order valence-corrected chi connectivity index (χ0v) is 14.4. The Kier molecular flexibility index (Phi) is 5.79. The van der Waals surface area contributed by atoms with Gasteiger partial charge in [0.25, 0.3) is 0 Å². The van der Waals surface area contributed by atoms with Crippen LogP contribution >= 0.6 is 0 Å². The third kappa shape index (κ3) is 3.96. The van der Waals surface area contributed by atoms with Crippen LogP contribution in [-0.2, 0) is 14.3 Å². The summed E-state index contributed by atoms with van der Waals surface area (Å²) in [5.41, 5.74) is -0.307. The zero-order valence-electron chi connectivity index (χ0n) is 14.4. The third-order valence-electron chi connectivity index (χ3n) is 3.89. The van der Waals surface area contributed by atoms with Crippen LogP contribution < -0.4 is 5.32 Å². The Bertz CT molecular complexity index is 387. The quantitative estimate of drug-likeness (QED) is 0.842. The van der Waals surface area contributed by atoms with E-state index in [-0.39, 0.29) is 29.2 Å². The molecule has 0 aromatic rings. The topological polar surface area (TPSA) is 58.6 Å². The van der Waals surface area contributed by atoms with Gasteiger partial charge in [-0.15, -0.1) is 0 Å². The molecule has 1 N–H and O–H groups in total. The number of carbonyl (C=O) groups is 2. The molecule has 1 saturated heterocycles. The van der Waals surface area contributed by atoms with E-state index in [1.807, 2.05) is 48.5 Å². The molecule has 5 nitrogen and oxygen atoms in total. The molecule has 3 unspecified atom stereocenters. The normalized spacial score (nSPS) is 25.2. The van der Waals surface area contributed by atoms with Crippen molar-refractivity contribution < 1.29 is 14.3 Å². The fourth-order valence-corrected chi connectivity index (χ4v) is 2.77. The predicted octanol–water partition coefficient (Wildman–Crippen LogP) is 1.81. The molecule has 1 rings (SSSR count). The third-order valence-corrected chi connectivity index (χ3v) is 3.89. The van der Waals surface area contributed by atoms with E-state index >= 15 is 0 Å². The maximum Gasteiger partial charge on any atom is 0.246 e. The number of ether oxygens (including phenoxy) is 1. The molecule has 5 heteroatoms. The first-order valence-corrected chi connectivity index (χ1v) is 7.81. The van der Waals surface area contributed by atoms with Crippen molar-refractivity contribution in [2.45, 2.75) is 66.6 Å². The maximum atomic E-state index is 12.9. The summed E-state index contributed by atoms with van der Waals surface area (Å²) in [7, 11) is 0. The molecule has 1 heterocycles. The van der Waals surface area contributed by atoms with E-state index in [1.165, 1.54) is 0 Å². The minimum atomic E-state index is -0.482. The Balaban J connectivity index is 3.09. The molecule has 0 saturated carbocycles. The molecule has 0 radical (unpaired) electrons. The van der Waals surface area contributed by atoms with Crippen LogP contribution in [0, 0.1) is 11.3 Å². The van der Waals surface area contributed by atoms with Gasteiger partial charge in [0.1, 0.15) is 12.1 Å². The lowest BCUT2D eigenvalue weighted by molar-refractivity contribution is -0.158. The van der Waals surface area contributed by atoms with Gasteiger partial charge >= 0.3 is 0 Å². The lowest BCUT2D eigenvalue weighted by Crippen LogP contribution is -2.69. The monoisotopic (exact) mass is 298 g/mol. The number of nitrogens with zero attached hydrogens (tertiary/aromatic N) is 1. The zero-order chi connectivity index (χ0) is 16.4. The van der Waals surface area contributed by atoms with E-state index in [0.717, 1.165) is 0 Å². The first-order chi connectivity index (χ1) is 9.61. The second-order valence-electron chi connectivity index (χ2n) is 7.25. The van der Waals surface area contributed by atoms with Gasteiger partial charge in [-0.2, -0.15) is 0 Å². The molecule has 2 amide bonds. The van der Waals surface area contributed by atoms with Crippen molar-refractivity contribution >= 4 is 11.8 Å². The van der Waals surface area contributed by atoms with Crippen molar-refractivity contribution in [3.8, 4) is 0 Å². The van der Waals surface area contributed by atoms with Gasteiger partial charge in [-0.1, -0.05) is 34.6 Å². The van der Waals surface area contributed by atoms with Crippen LogP contribution in [0.4, 0.5) is 0 Å². The SMILES string of the molecule is CCOCC(C)N1C(=O)C(C(C)(C)C)NC(=O)C1C(C)C. The van der Waals surface area contributed by atoms with E-state index in [0.29, 0.717) is 13.2 Å². The van der Waals surface area contributed by atoms with Gasteiger partial charge in [-0.05, 0) is 25.2 Å². The molecule has 122 valence electrons. The standard InChI is InChI=1S/C16H30N2O3/c1-8-21-9-11(4)18-12(10(2)3)14(19)17-13(15(18)20)16(5,6)7/h10-13H,8-9H2,1-7H3,(H,17,19). The molecule has 1 aliphatic heterocycles. The number of rotatable bonds is 5. The number of nitrogens with one attached hydrogen (secondary N) is 1. The second-order valence-corrected chi connectivity index (χ2v) is 7.25. The molecule has 3 atom stereocenters. The molecule has 0 aromatic heterocycles. The van der Waals surface area contributed by atoms with Crippen LogP contribution in [-0.4, -0.2) is 48.1 Å². The average molecular weight is 298 g/mol. The van der Waals surface area contributed by atoms with E-state index in [1.54, 1.807) is 4.90 Å². The van der Waals surface area contributed by atoms with Crippen molar-refractivity contribution in [3.63, 3.8) is 0 Å². The van der Waals surface area contributed by atoms with Gasteiger partial charge < -0.3 is 15.0 Å². The Morgan fingerprint density at radius 3 is 2.24 bits per heavy atom. The van der Waals surface area contributed by atoms with Crippen LogP contribution in [0.15, 0.2) is 0 Å². The van der Waals surface area contributed by atoms with E-state index in [2.05, 4.69) is 5.32 Å². The smallest absolute Gasteiger partial charge is 0.246 e. The largest absolute Gasteiger partial charge is 0.380 e. The average Bonchev–Trinajstić information content (AvgIpc) is 2.35. The van der Waals surface area contributed by atoms with Gasteiger partial charge in [-0.25, -0.2) is 0 Å². The fraction of sp³-hybridized carbons (Fsp3) is 0.875. The number of hydrogen-bond acceptors (Lipinski definition) is 3. The first-order valence-electron chi connectivity index (χ1n) is 7.81. The van der Waals surface area contributed by atoms with Crippen molar-refractivity contribution in [3.05, 3.63) is 0 Å². The van der Waals surface area contributed by atoms with Crippen molar-refractivity contribution in [2.24, 2.45) is 11.3 Å². The Hall–Kier alpha value is -1.10.